The first-order chi connectivity index (χ1) is 7.45. The van der Waals surface area contributed by atoms with Gasteiger partial charge in [-0.1, -0.05) is 6.92 Å². The molecule has 1 unspecified atom stereocenters. The molecule has 0 heterocycles. The molecular weight excluding hydrogens is 204 g/mol. The normalized spacial score (nSPS) is 19.9. The molecule has 0 amide bonds. The molecule has 2 N–H and O–H groups in total. The molecule has 1 rings (SSSR count). The number of nitrogens with two attached hydrogens (primary N) is 1. The first-order valence-electron chi connectivity index (χ1n) is 6.07. The highest BCUT2D eigenvalue weighted by atomic mass is 16.5. The molecule has 94 valence electrons. The van der Waals surface area contributed by atoms with Crippen LogP contribution in [-0.4, -0.2) is 42.6 Å². The van der Waals surface area contributed by atoms with Gasteiger partial charge in [-0.05, 0) is 39.2 Å². The van der Waals surface area contributed by atoms with E-state index in [1.165, 1.54) is 7.11 Å². The number of carbonyl (C=O) groups is 1. The van der Waals surface area contributed by atoms with E-state index in [2.05, 4.69) is 25.7 Å². The van der Waals surface area contributed by atoms with E-state index in [0.717, 1.165) is 19.4 Å². The van der Waals surface area contributed by atoms with Crippen LogP contribution in [0, 0.1) is 5.92 Å². The molecular formula is C12H24N2O2. The van der Waals surface area contributed by atoms with Crippen molar-refractivity contribution in [2.75, 3.05) is 20.2 Å². The summed E-state index contributed by atoms with van der Waals surface area (Å²) in [6.07, 6.45) is 2.09. The van der Waals surface area contributed by atoms with Gasteiger partial charge in [-0.3, -0.25) is 9.69 Å². The largest absolute Gasteiger partial charge is 0.468 e. The SMILES string of the molecule is CCN(CC(N)(C(=O)OC)C1CC1)C(C)C. The molecule has 1 fully saturated rings. The van der Waals surface area contributed by atoms with E-state index >= 15 is 0 Å². The predicted molar refractivity (Wildman–Crippen MR) is 64.0 cm³/mol. The lowest BCUT2D eigenvalue weighted by atomic mass is 9.93. The van der Waals surface area contributed by atoms with E-state index in [4.69, 9.17) is 10.5 Å². The van der Waals surface area contributed by atoms with Crippen LogP contribution in [0.1, 0.15) is 33.6 Å². The van der Waals surface area contributed by atoms with Crippen molar-refractivity contribution >= 4 is 5.97 Å². The van der Waals surface area contributed by atoms with Crippen molar-refractivity contribution < 1.29 is 9.53 Å². The third-order valence-electron chi connectivity index (χ3n) is 3.47. The number of methoxy groups -OCH3 is 1. The van der Waals surface area contributed by atoms with E-state index in [9.17, 15) is 4.79 Å². The number of likely N-dealkylation sites (N-methyl/N-ethyl adjacent to an activating group) is 1. The summed E-state index contributed by atoms with van der Waals surface area (Å²) in [5, 5.41) is 0. The molecule has 16 heavy (non-hydrogen) atoms. The van der Waals surface area contributed by atoms with Crippen molar-refractivity contribution in [2.45, 2.75) is 45.2 Å². The number of esters is 1. The second-order valence-corrected chi connectivity index (χ2v) is 4.96. The van der Waals surface area contributed by atoms with Crippen LogP contribution in [0.3, 0.4) is 0 Å². The van der Waals surface area contributed by atoms with Gasteiger partial charge < -0.3 is 10.5 Å². The van der Waals surface area contributed by atoms with Crippen molar-refractivity contribution in [2.24, 2.45) is 11.7 Å². The maximum atomic E-state index is 11.8. The number of hydrogen-bond donors (Lipinski definition) is 1. The Morgan fingerprint density at radius 3 is 2.44 bits per heavy atom. The minimum absolute atomic E-state index is 0.269. The van der Waals surface area contributed by atoms with Crippen LogP contribution in [-0.2, 0) is 9.53 Å². The smallest absolute Gasteiger partial charge is 0.327 e. The van der Waals surface area contributed by atoms with Gasteiger partial charge >= 0.3 is 5.97 Å². The van der Waals surface area contributed by atoms with Crippen LogP contribution in [0.5, 0.6) is 0 Å². The average Bonchev–Trinajstić information content (AvgIpc) is 3.07. The van der Waals surface area contributed by atoms with Crippen molar-refractivity contribution in [1.82, 2.24) is 4.90 Å². The Balaban J connectivity index is 2.74. The maximum Gasteiger partial charge on any atom is 0.327 e. The summed E-state index contributed by atoms with van der Waals surface area (Å²) < 4.78 is 4.85. The molecule has 0 aromatic rings. The van der Waals surface area contributed by atoms with Crippen LogP contribution in [0.4, 0.5) is 0 Å². The van der Waals surface area contributed by atoms with Gasteiger partial charge in [0, 0.05) is 12.6 Å². The first kappa shape index (κ1) is 13.5. The third-order valence-corrected chi connectivity index (χ3v) is 3.47. The van der Waals surface area contributed by atoms with Gasteiger partial charge in [0.15, 0.2) is 0 Å². The van der Waals surface area contributed by atoms with Crippen molar-refractivity contribution in [1.29, 1.82) is 0 Å². The van der Waals surface area contributed by atoms with Gasteiger partial charge in [-0.15, -0.1) is 0 Å². The Morgan fingerprint density at radius 1 is 1.56 bits per heavy atom. The number of rotatable bonds is 6. The van der Waals surface area contributed by atoms with Crippen LogP contribution in [0.15, 0.2) is 0 Å². The van der Waals surface area contributed by atoms with Gasteiger partial charge in [-0.2, -0.15) is 0 Å². The molecule has 1 atom stereocenters. The minimum atomic E-state index is -0.810. The molecule has 0 aromatic heterocycles. The van der Waals surface area contributed by atoms with Crippen LogP contribution in [0.25, 0.3) is 0 Å². The van der Waals surface area contributed by atoms with E-state index in [1.807, 2.05) is 0 Å². The lowest BCUT2D eigenvalue weighted by Crippen LogP contribution is -2.59. The number of ether oxygens (including phenoxy) is 1. The molecule has 1 aliphatic carbocycles. The maximum absolute atomic E-state index is 11.8. The van der Waals surface area contributed by atoms with E-state index < -0.39 is 5.54 Å². The zero-order valence-electron chi connectivity index (χ0n) is 10.8. The van der Waals surface area contributed by atoms with E-state index in [0.29, 0.717) is 18.5 Å². The fraction of sp³-hybridized carbons (Fsp3) is 0.917. The Morgan fingerprint density at radius 2 is 2.12 bits per heavy atom. The first-order valence-corrected chi connectivity index (χ1v) is 6.07. The Hall–Kier alpha value is -0.610. The molecule has 4 heteroatoms. The number of nitrogens with zero attached hydrogens (tertiary/aromatic N) is 1. The molecule has 4 nitrogen and oxygen atoms in total. The van der Waals surface area contributed by atoms with Gasteiger partial charge in [0.2, 0.25) is 0 Å². The summed E-state index contributed by atoms with van der Waals surface area (Å²) in [4.78, 5) is 14.0. The Kier molecular flexibility index (Phi) is 4.33. The van der Waals surface area contributed by atoms with Crippen LogP contribution < -0.4 is 5.73 Å². The van der Waals surface area contributed by atoms with Gasteiger partial charge in [-0.25, -0.2) is 0 Å². The summed E-state index contributed by atoms with van der Waals surface area (Å²) in [6, 6.07) is 0.399. The minimum Gasteiger partial charge on any atom is -0.468 e. The fourth-order valence-corrected chi connectivity index (χ4v) is 2.14. The number of hydrogen-bond acceptors (Lipinski definition) is 4. The molecule has 0 aliphatic heterocycles. The number of carbonyl (C=O) groups excluding carboxylic acids is 1. The monoisotopic (exact) mass is 228 g/mol. The Labute approximate surface area is 98.1 Å². The van der Waals surface area contributed by atoms with Crippen molar-refractivity contribution in [3.8, 4) is 0 Å². The molecule has 0 aromatic carbocycles. The zero-order chi connectivity index (χ0) is 12.3. The average molecular weight is 228 g/mol. The summed E-state index contributed by atoms with van der Waals surface area (Å²) in [6.45, 7) is 7.83. The van der Waals surface area contributed by atoms with E-state index in [1.54, 1.807) is 0 Å². The highest BCUT2D eigenvalue weighted by Gasteiger charge is 2.49. The summed E-state index contributed by atoms with van der Waals surface area (Å²) >= 11 is 0. The molecule has 1 saturated carbocycles. The lowest BCUT2D eigenvalue weighted by molar-refractivity contribution is -0.149. The molecule has 0 bridgehead atoms. The van der Waals surface area contributed by atoms with Gasteiger partial charge in [0.25, 0.3) is 0 Å². The second-order valence-electron chi connectivity index (χ2n) is 4.96. The van der Waals surface area contributed by atoms with Gasteiger partial charge in [0.05, 0.1) is 7.11 Å². The zero-order valence-corrected chi connectivity index (χ0v) is 10.8. The van der Waals surface area contributed by atoms with Crippen LogP contribution >= 0.6 is 0 Å². The standard InChI is InChI=1S/C12H24N2O2/c1-5-14(9(2)3)8-12(13,10-6-7-10)11(15)16-4/h9-10H,5-8,13H2,1-4H3. The topological polar surface area (TPSA) is 55.6 Å². The predicted octanol–water partition coefficient (Wildman–Crippen LogP) is 0.997. The molecule has 1 aliphatic rings. The lowest BCUT2D eigenvalue weighted by Gasteiger charge is -2.35. The summed E-state index contributed by atoms with van der Waals surface area (Å²) in [5.74, 6) is 0.0295. The summed E-state index contributed by atoms with van der Waals surface area (Å²) in [5.41, 5.74) is 5.44. The molecule has 0 saturated heterocycles. The molecule has 0 radical (unpaired) electrons. The summed E-state index contributed by atoms with van der Waals surface area (Å²) in [7, 11) is 1.41. The van der Waals surface area contributed by atoms with Crippen molar-refractivity contribution in [3.05, 3.63) is 0 Å². The van der Waals surface area contributed by atoms with Crippen molar-refractivity contribution in [3.63, 3.8) is 0 Å². The second kappa shape index (κ2) is 5.15. The van der Waals surface area contributed by atoms with Crippen LogP contribution in [0.2, 0.25) is 0 Å². The highest BCUT2D eigenvalue weighted by molar-refractivity contribution is 5.81. The quantitative estimate of drug-likeness (QED) is 0.689. The molecule has 0 spiro atoms. The highest BCUT2D eigenvalue weighted by Crippen LogP contribution is 2.39. The van der Waals surface area contributed by atoms with E-state index in [-0.39, 0.29) is 5.97 Å². The Bertz CT molecular complexity index is 251. The van der Waals surface area contributed by atoms with Gasteiger partial charge in [0.1, 0.15) is 5.54 Å². The fourth-order valence-electron chi connectivity index (χ4n) is 2.14. The third kappa shape index (κ3) is 2.74.